The molecule has 7 heteroatoms. The maximum atomic E-state index is 13.2. The third-order valence-electron chi connectivity index (χ3n) is 4.85. The third-order valence-corrected chi connectivity index (χ3v) is 4.85. The number of aliphatic imine (C=N–C) groups is 1. The lowest BCUT2D eigenvalue weighted by atomic mass is 10.1. The zero-order valence-corrected chi connectivity index (χ0v) is 17.6. The first-order valence-corrected chi connectivity index (χ1v) is 10.3. The molecule has 1 heterocycles. The molecule has 162 valence electrons. The molecule has 0 spiro atoms. The van der Waals surface area contributed by atoms with Gasteiger partial charge in [0.1, 0.15) is 23.9 Å². The Morgan fingerprint density at radius 3 is 2.87 bits per heavy atom. The summed E-state index contributed by atoms with van der Waals surface area (Å²) in [4.78, 5) is 4.24. The van der Waals surface area contributed by atoms with Gasteiger partial charge in [-0.1, -0.05) is 18.2 Å². The van der Waals surface area contributed by atoms with Crippen molar-refractivity contribution in [3.05, 3.63) is 59.4 Å². The van der Waals surface area contributed by atoms with Gasteiger partial charge in [-0.3, -0.25) is 4.99 Å². The van der Waals surface area contributed by atoms with Gasteiger partial charge < -0.3 is 24.8 Å². The van der Waals surface area contributed by atoms with Crippen molar-refractivity contribution < 1.29 is 18.6 Å². The first-order chi connectivity index (χ1) is 14.6. The standard InChI is InChI=1S/C23H30FN3O3/c1-17-6-7-19(22(12-17)30-16-18-8-10-28-15-18)14-27-23(25-2)26-9-11-29-21-5-3-4-20(24)13-21/h3-7,12-13,18H,8-11,14-16H2,1-2H3,(H2,25,26,27). The summed E-state index contributed by atoms with van der Waals surface area (Å²) in [5.41, 5.74) is 2.23. The van der Waals surface area contributed by atoms with Crippen LogP contribution in [0.4, 0.5) is 4.39 Å². The van der Waals surface area contributed by atoms with Crippen molar-refractivity contribution in [1.29, 1.82) is 0 Å². The van der Waals surface area contributed by atoms with Crippen LogP contribution >= 0.6 is 0 Å². The van der Waals surface area contributed by atoms with Crippen molar-refractivity contribution in [2.45, 2.75) is 19.9 Å². The molecule has 6 nitrogen and oxygen atoms in total. The molecule has 3 rings (SSSR count). The van der Waals surface area contributed by atoms with Crippen molar-refractivity contribution in [1.82, 2.24) is 10.6 Å². The summed E-state index contributed by atoms with van der Waals surface area (Å²) in [6.45, 7) is 5.83. The van der Waals surface area contributed by atoms with Crippen LogP contribution < -0.4 is 20.1 Å². The molecule has 0 aliphatic carbocycles. The van der Waals surface area contributed by atoms with Gasteiger partial charge in [0.25, 0.3) is 0 Å². The van der Waals surface area contributed by atoms with E-state index in [1.54, 1.807) is 19.2 Å². The van der Waals surface area contributed by atoms with Crippen LogP contribution in [0.2, 0.25) is 0 Å². The van der Waals surface area contributed by atoms with Gasteiger partial charge >= 0.3 is 0 Å². The summed E-state index contributed by atoms with van der Waals surface area (Å²) in [7, 11) is 1.72. The van der Waals surface area contributed by atoms with E-state index >= 15 is 0 Å². The van der Waals surface area contributed by atoms with E-state index in [4.69, 9.17) is 14.2 Å². The van der Waals surface area contributed by atoms with Crippen molar-refractivity contribution >= 4 is 5.96 Å². The van der Waals surface area contributed by atoms with E-state index in [0.29, 0.717) is 43.9 Å². The zero-order valence-electron chi connectivity index (χ0n) is 17.6. The van der Waals surface area contributed by atoms with E-state index in [2.05, 4.69) is 40.7 Å². The van der Waals surface area contributed by atoms with Crippen LogP contribution in [-0.2, 0) is 11.3 Å². The van der Waals surface area contributed by atoms with Crippen LogP contribution in [0.3, 0.4) is 0 Å². The van der Waals surface area contributed by atoms with Gasteiger partial charge in [0.15, 0.2) is 5.96 Å². The lowest BCUT2D eigenvalue weighted by molar-refractivity contribution is 0.166. The van der Waals surface area contributed by atoms with Crippen LogP contribution in [0.1, 0.15) is 17.5 Å². The molecule has 1 atom stereocenters. The Kier molecular flexibility index (Phi) is 8.32. The summed E-state index contributed by atoms with van der Waals surface area (Å²) in [5.74, 6) is 2.20. The van der Waals surface area contributed by atoms with Crippen molar-refractivity contribution in [2.75, 3.05) is 40.0 Å². The number of benzene rings is 2. The number of nitrogens with one attached hydrogen (secondary N) is 2. The molecule has 0 radical (unpaired) electrons. The second-order valence-corrected chi connectivity index (χ2v) is 7.31. The number of halogens is 1. The SMILES string of the molecule is CN=C(NCCOc1cccc(F)c1)NCc1ccc(C)cc1OCC1CCOC1. The number of aryl methyl sites for hydroxylation is 1. The number of nitrogens with zero attached hydrogens (tertiary/aromatic N) is 1. The number of rotatable bonds is 9. The number of hydrogen-bond donors (Lipinski definition) is 2. The van der Waals surface area contributed by atoms with Gasteiger partial charge in [0, 0.05) is 37.7 Å². The molecule has 1 aliphatic rings. The smallest absolute Gasteiger partial charge is 0.191 e. The summed E-state index contributed by atoms with van der Waals surface area (Å²) in [6.07, 6.45) is 1.05. The molecule has 0 saturated carbocycles. The lowest BCUT2D eigenvalue weighted by Gasteiger charge is -2.17. The second kappa shape index (κ2) is 11.4. The Labute approximate surface area is 177 Å². The van der Waals surface area contributed by atoms with Gasteiger partial charge in [0.2, 0.25) is 0 Å². The number of guanidine groups is 1. The highest BCUT2D eigenvalue weighted by Gasteiger charge is 2.17. The average molecular weight is 416 g/mol. The number of ether oxygens (including phenoxy) is 3. The van der Waals surface area contributed by atoms with Crippen LogP contribution in [-0.4, -0.2) is 46.0 Å². The molecule has 1 fully saturated rings. The van der Waals surface area contributed by atoms with Crippen molar-refractivity contribution in [3.63, 3.8) is 0 Å². The van der Waals surface area contributed by atoms with E-state index in [9.17, 15) is 4.39 Å². The van der Waals surface area contributed by atoms with Crippen molar-refractivity contribution in [3.8, 4) is 11.5 Å². The van der Waals surface area contributed by atoms with Crippen LogP contribution in [0.5, 0.6) is 11.5 Å². The van der Waals surface area contributed by atoms with Crippen LogP contribution in [0, 0.1) is 18.7 Å². The number of hydrogen-bond acceptors (Lipinski definition) is 4. The fourth-order valence-electron chi connectivity index (χ4n) is 3.16. The molecular formula is C23H30FN3O3. The highest BCUT2D eigenvalue weighted by molar-refractivity contribution is 5.79. The van der Waals surface area contributed by atoms with Gasteiger partial charge in [-0.15, -0.1) is 0 Å². The van der Waals surface area contributed by atoms with E-state index in [1.165, 1.54) is 12.1 Å². The molecule has 1 unspecified atom stereocenters. The third kappa shape index (κ3) is 6.91. The first-order valence-electron chi connectivity index (χ1n) is 10.3. The van der Waals surface area contributed by atoms with Crippen LogP contribution in [0.15, 0.2) is 47.5 Å². The van der Waals surface area contributed by atoms with Gasteiger partial charge in [0.05, 0.1) is 19.8 Å². The Morgan fingerprint density at radius 1 is 1.20 bits per heavy atom. The molecular weight excluding hydrogens is 385 g/mol. The van der Waals surface area contributed by atoms with Gasteiger partial charge in [-0.05, 0) is 37.1 Å². The minimum absolute atomic E-state index is 0.311. The van der Waals surface area contributed by atoms with E-state index in [-0.39, 0.29) is 5.82 Å². The minimum atomic E-state index is -0.311. The Bertz CT molecular complexity index is 838. The van der Waals surface area contributed by atoms with Crippen molar-refractivity contribution in [2.24, 2.45) is 10.9 Å². The molecule has 30 heavy (non-hydrogen) atoms. The Balaban J connectivity index is 1.45. The quantitative estimate of drug-likeness (QED) is 0.374. The maximum Gasteiger partial charge on any atom is 0.191 e. The molecule has 0 bridgehead atoms. The molecule has 0 amide bonds. The fraction of sp³-hybridized carbons (Fsp3) is 0.435. The van der Waals surface area contributed by atoms with E-state index in [0.717, 1.165) is 36.5 Å². The lowest BCUT2D eigenvalue weighted by Crippen LogP contribution is -2.39. The monoisotopic (exact) mass is 415 g/mol. The first kappa shape index (κ1) is 21.9. The minimum Gasteiger partial charge on any atom is -0.493 e. The molecule has 2 aromatic rings. The van der Waals surface area contributed by atoms with E-state index in [1.807, 2.05) is 0 Å². The maximum absolute atomic E-state index is 13.2. The largest absolute Gasteiger partial charge is 0.493 e. The molecule has 2 aromatic carbocycles. The van der Waals surface area contributed by atoms with E-state index < -0.39 is 0 Å². The highest BCUT2D eigenvalue weighted by atomic mass is 19.1. The molecule has 1 aliphatic heterocycles. The van der Waals surface area contributed by atoms with Crippen LogP contribution in [0.25, 0.3) is 0 Å². The predicted octanol–water partition coefficient (Wildman–Crippen LogP) is 3.29. The Morgan fingerprint density at radius 2 is 2.10 bits per heavy atom. The Hall–Kier alpha value is -2.80. The molecule has 0 aromatic heterocycles. The average Bonchev–Trinajstić information content (AvgIpc) is 3.26. The predicted molar refractivity (Wildman–Crippen MR) is 116 cm³/mol. The summed E-state index contributed by atoms with van der Waals surface area (Å²) < 4.78 is 30.2. The topological polar surface area (TPSA) is 64.1 Å². The van der Waals surface area contributed by atoms with Gasteiger partial charge in [-0.2, -0.15) is 0 Å². The molecule has 1 saturated heterocycles. The highest BCUT2D eigenvalue weighted by Crippen LogP contribution is 2.22. The van der Waals surface area contributed by atoms with Gasteiger partial charge in [-0.25, -0.2) is 4.39 Å². The fourth-order valence-corrected chi connectivity index (χ4v) is 3.16. The summed E-state index contributed by atoms with van der Waals surface area (Å²) in [5, 5.41) is 6.49. The summed E-state index contributed by atoms with van der Waals surface area (Å²) in [6, 6.07) is 12.3. The zero-order chi connectivity index (χ0) is 21.2. The second-order valence-electron chi connectivity index (χ2n) is 7.31. The normalized spacial score (nSPS) is 16.4. The molecule has 2 N–H and O–H groups in total. The summed E-state index contributed by atoms with van der Waals surface area (Å²) >= 11 is 0.